The van der Waals surface area contributed by atoms with Gasteiger partial charge in [0, 0.05) is 10.9 Å². The van der Waals surface area contributed by atoms with E-state index in [-0.39, 0.29) is 12.5 Å². The number of carbonyl (C=O) groups is 1. The molecule has 0 aliphatic heterocycles. The Kier molecular flexibility index (Phi) is 5.33. The molecule has 0 unspecified atom stereocenters. The first kappa shape index (κ1) is 16.6. The van der Waals surface area contributed by atoms with E-state index in [0.29, 0.717) is 12.1 Å². The quantitative estimate of drug-likeness (QED) is 0.736. The second-order valence-corrected chi connectivity index (χ2v) is 5.62. The predicted molar refractivity (Wildman–Crippen MR) is 101 cm³/mol. The number of hydrogen-bond acceptors (Lipinski definition) is 2. The number of ether oxygens (including phenoxy) is 1. The summed E-state index contributed by atoms with van der Waals surface area (Å²) in [5, 5.41) is 5.01. The van der Waals surface area contributed by atoms with Gasteiger partial charge in [-0.3, -0.25) is 4.79 Å². The molecule has 0 spiro atoms. The molecule has 0 aromatic heterocycles. The summed E-state index contributed by atoms with van der Waals surface area (Å²) in [6.45, 7) is 2.50. The third-order valence-electron chi connectivity index (χ3n) is 3.90. The second kappa shape index (κ2) is 8.03. The first-order valence-electron chi connectivity index (χ1n) is 8.16. The predicted octanol–water partition coefficient (Wildman–Crippen LogP) is 3.96. The van der Waals surface area contributed by atoms with Crippen molar-refractivity contribution in [3.8, 4) is 17.6 Å². The molecule has 0 radical (unpaired) electrons. The van der Waals surface area contributed by atoms with Gasteiger partial charge < -0.3 is 10.1 Å². The molecule has 3 heteroatoms. The summed E-state index contributed by atoms with van der Waals surface area (Å²) in [4.78, 5) is 12.1. The minimum atomic E-state index is -0.109. The molecule has 0 aliphatic carbocycles. The molecule has 0 bridgehead atoms. The van der Waals surface area contributed by atoms with Crippen LogP contribution >= 0.6 is 0 Å². The van der Waals surface area contributed by atoms with E-state index in [1.54, 1.807) is 0 Å². The summed E-state index contributed by atoms with van der Waals surface area (Å²) in [7, 11) is 0. The van der Waals surface area contributed by atoms with E-state index in [0.717, 1.165) is 22.1 Å². The Morgan fingerprint density at radius 1 is 0.960 bits per heavy atom. The normalized spacial score (nSPS) is 9.96. The van der Waals surface area contributed by atoms with Gasteiger partial charge >= 0.3 is 0 Å². The fourth-order valence-electron chi connectivity index (χ4n) is 2.60. The van der Waals surface area contributed by atoms with Gasteiger partial charge in [0.15, 0.2) is 0 Å². The summed E-state index contributed by atoms with van der Waals surface area (Å²) >= 11 is 0. The highest BCUT2D eigenvalue weighted by molar-refractivity contribution is 5.95. The third-order valence-corrected chi connectivity index (χ3v) is 3.90. The molecule has 0 saturated heterocycles. The lowest BCUT2D eigenvalue weighted by molar-refractivity contribution is 0.0958. The lowest BCUT2D eigenvalue weighted by Crippen LogP contribution is -2.24. The molecule has 1 amide bonds. The molecular formula is C22H19NO2. The molecule has 3 aromatic carbocycles. The molecule has 3 nitrogen and oxygen atoms in total. The van der Waals surface area contributed by atoms with Crippen molar-refractivity contribution in [3.63, 3.8) is 0 Å². The number of amides is 1. The van der Waals surface area contributed by atoms with Crippen LogP contribution in [0.1, 0.15) is 15.9 Å². The number of hydrogen-bond donors (Lipinski definition) is 1. The van der Waals surface area contributed by atoms with Crippen LogP contribution in [0, 0.1) is 18.8 Å². The number of benzene rings is 3. The third kappa shape index (κ3) is 4.19. The zero-order valence-electron chi connectivity index (χ0n) is 14.1. The average Bonchev–Trinajstić information content (AvgIpc) is 2.65. The maximum atomic E-state index is 12.1. The van der Waals surface area contributed by atoms with Gasteiger partial charge in [0.25, 0.3) is 5.91 Å². The van der Waals surface area contributed by atoms with Crippen LogP contribution in [0.15, 0.2) is 66.7 Å². The van der Waals surface area contributed by atoms with Crippen LogP contribution in [0.3, 0.4) is 0 Å². The van der Waals surface area contributed by atoms with E-state index < -0.39 is 0 Å². The zero-order valence-corrected chi connectivity index (χ0v) is 14.1. The molecule has 0 saturated carbocycles. The van der Waals surface area contributed by atoms with Crippen molar-refractivity contribution in [2.75, 3.05) is 13.2 Å². The Hall–Kier alpha value is -3.25. The van der Waals surface area contributed by atoms with Crippen molar-refractivity contribution in [1.29, 1.82) is 0 Å². The van der Waals surface area contributed by atoms with Gasteiger partial charge in [-0.05, 0) is 30.0 Å². The van der Waals surface area contributed by atoms with Crippen LogP contribution in [0.25, 0.3) is 10.8 Å². The van der Waals surface area contributed by atoms with E-state index in [4.69, 9.17) is 4.74 Å². The van der Waals surface area contributed by atoms with Gasteiger partial charge in [0.05, 0.1) is 6.54 Å². The van der Waals surface area contributed by atoms with E-state index in [1.807, 2.05) is 61.5 Å². The Morgan fingerprint density at radius 3 is 2.60 bits per heavy atom. The van der Waals surface area contributed by atoms with Crippen molar-refractivity contribution >= 4 is 16.7 Å². The lowest BCUT2D eigenvalue weighted by atomic mass is 10.1. The molecule has 25 heavy (non-hydrogen) atoms. The maximum Gasteiger partial charge on any atom is 0.252 e. The van der Waals surface area contributed by atoms with E-state index >= 15 is 0 Å². The van der Waals surface area contributed by atoms with Crippen molar-refractivity contribution in [3.05, 3.63) is 77.9 Å². The van der Waals surface area contributed by atoms with Gasteiger partial charge in [0.1, 0.15) is 12.4 Å². The van der Waals surface area contributed by atoms with Gasteiger partial charge in [-0.1, -0.05) is 66.4 Å². The topological polar surface area (TPSA) is 38.3 Å². The second-order valence-electron chi connectivity index (χ2n) is 5.62. The van der Waals surface area contributed by atoms with E-state index in [1.165, 1.54) is 0 Å². The summed E-state index contributed by atoms with van der Waals surface area (Å²) in [6.07, 6.45) is 0. The fourth-order valence-corrected chi connectivity index (χ4v) is 2.60. The van der Waals surface area contributed by atoms with E-state index in [2.05, 4.69) is 29.3 Å². The van der Waals surface area contributed by atoms with Crippen molar-refractivity contribution in [2.45, 2.75) is 6.92 Å². The Morgan fingerprint density at radius 2 is 1.72 bits per heavy atom. The minimum absolute atomic E-state index is 0.109. The van der Waals surface area contributed by atoms with Gasteiger partial charge in [-0.25, -0.2) is 0 Å². The monoisotopic (exact) mass is 329 g/mol. The summed E-state index contributed by atoms with van der Waals surface area (Å²) < 4.78 is 5.74. The first-order valence-corrected chi connectivity index (χ1v) is 8.16. The molecule has 3 aromatic rings. The van der Waals surface area contributed by atoms with Crippen molar-refractivity contribution in [2.24, 2.45) is 0 Å². The van der Waals surface area contributed by atoms with Crippen LogP contribution in [-0.4, -0.2) is 19.1 Å². The van der Waals surface area contributed by atoms with Gasteiger partial charge in [-0.15, -0.1) is 0 Å². The highest BCUT2D eigenvalue weighted by Crippen LogP contribution is 2.24. The first-order chi connectivity index (χ1) is 12.3. The zero-order chi connectivity index (χ0) is 17.5. The van der Waals surface area contributed by atoms with Crippen molar-refractivity contribution in [1.82, 2.24) is 5.32 Å². The Bertz CT molecular complexity index is 945. The van der Waals surface area contributed by atoms with Crippen LogP contribution in [0.4, 0.5) is 0 Å². The molecule has 0 fully saturated rings. The lowest BCUT2D eigenvalue weighted by Gasteiger charge is -2.06. The summed E-state index contributed by atoms with van der Waals surface area (Å²) in [6, 6.07) is 21.5. The molecule has 0 heterocycles. The summed E-state index contributed by atoms with van der Waals surface area (Å²) in [5.41, 5.74) is 1.63. The number of carbonyl (C=O) groups excluding carboxylic acids is 1. The largest absolute Gasteiger partial charge is 0.480 e. The maximum absolute atomic E-state index is 12.1. The van der Waals surface area contributed by atoms with Crippen LogP contribution in [-0.2, 0) is 0 Å². The van der Waals surface area contributed by atoms with E-state index in [9.17, 15) is 4.79 Å². The molecular weight excluding hydrogens is 310 g/mol. The highest BCUT2D eigenvalue weighted by atomic mass is 16.5. The average molecular weight is 329 g/mol. The van der Waals surface area contributed by atoms with Gasteiger partial charge in [0.2, 0.25) is 0 Å². The van der Waals surface area contributed by atoms with Crippen LogP contribution < -0.4 is 10.1 Å². The number of fused-ring (bicyclic) bond motifs is 1. The molecule has 3 rings (SSSR count). The SMILES string of the molecule is Cc1ccccc1C(=O)NCC#CCOc1cccc2ccccc12. The number of nitrogens with one attached hydrogen (secondary N) is 1. The Balaban J connectivity index is 1.52. The van der Waals surface area contributed by atoms with Crippen LogP contribution in [0.5, 0.6) is 5.75 Å². The van der Waals surface area contributed by atoms with Crippen molar-refractivity contribution < 1.29 is 9.53 Å². The summed E-state index contributed by atoms with van der Waals surface area (Å²) in [5.74, 6) is 6.56. The van der Waals surface area contributed by atoms with Crippen LogP contribution in [0.2, 0.25) is 0 Å². The Labute approximate surface area is 147 Å². The smallest absolute Gasteiger partial charge is 0.252 e. The number of rotatable bonds is 4. The molecule has 0 atom stereocenters. The minimum Gasteiger partial charge on any atom is -0.480 e. The van der Waals surface area contributed by atoms with Gasteiger partial charge in [-0.2, -0.15) is 0 Å². The molecule has 124 valence electrons. The highest BCUT2D eigenvalue weighted by Gasteiger charge is 2.05. The fraction of sp³-hybridized carbons (Fsp3) is 0.136. The molecule has 0 aliphatic rings. The standard InChI is InChI=1S/C22H19NO2/c1-17-9-2-4-12-19(17)22(24)23-15-6-7-16-25-21-14-8-11-18-10-3-5-13-20(18)21/h2-5,8-14H,15-16H2,1H3,(H,23,24). The molecule has 1 N–H and O–H groups in total. The number of aryl methyl sites for hydroxylation is 1.